The van der Waals surface area contributed by atoms with Crippen LogP contribution >= 0.6 is 0 Å². The second-order valence-corrected chi connectivity index (χ2v) is 8.97. The molecule has 0 aliphatic carbocycles. The first kappa shape index (κ1) is 33.6. The third kappa shape index (κ3) is 25.6. The zero-order valence-corrected chi connectivity index (χ0v) is 22.9. The maximum absolute atomic E-state index is 12.6. The van der Waals surface area contributed by atoms with Gasteiger partial charge in [0.1, 0.15) is 6.61 Å². The number of hydrogen-bond acceptors (Lipinski definition) is 3. The SMILES string of the molecule is CC(=O)O.CCCC=CC=C(C/C=C(\C)CCC=C(C)C)C(=O)OC/C=C(\C)CCC=C(C)C. The van der Waals surface area contributed by atoms with Gasteiger partial charge in [0.15, 0.2) is 0 Å². The Morgan fingerprint density at radius 1 is 0.765 bits per heavy atom. The van der Waals surface area contributed by atoms with E-state index in [2.05, 4.69) is 72.8 Å². The minimum atomic E-state index is -0.833. The minimum absolute atomic E-state index is 0.224. The molecule has 0 atom stereocenters. The number of unbranched alkanes of at least 4 members (excludes halogenated alkanes) is 1. The number of carboxylic acids is 1. The standard InChI is InChI=1S/C28H44O2.C2H4O2/c1-8-9-10-11-18-27(20-19-25(6)16-12-14-23(2)3)28(29)30-22-21-26(7)17-13-15-24(4)5;1-2(3)4/h10-11,14-15,18-19,21H,8-9,12-13,16-17,20,22H2,1-7H3;1H3,(H,3,4)/b11-10?,25-19+,26-21+,27-18?;. The van der Waals surface area contributed by atoms with E-state index >= 15 is 0 Å². The smallest absolute Gasteiger partial charge is 0.334 e. The van der Waals surface area contributed by atoms with E-state index < -0.39 is 5.97 Å². The first-order valence-corrected chi connectivity index (χ1v) is 12.3. The third-order valence-corrected chi connectivity index (χ3v) is 4.65. The molecule has 0 spiro atoms. The molecule has 4 heteroatoms. The molecule has 0 aromatic heterocycles. The van der Waals surface area contributed by atoms with Gasteiger partial charge in [-0.1, -0.05) is 72.1 Å². The van der Waals surface area contributed by atoms with Crippen LogP contribution in [0.3, 0.4) is 0 Å². The van der Waals surface area contributed by atoms with Crippen LogP contribution in [0.1, 0.15) is 100 Å². The van der Waals surface area contributed by atoms with Crippen molar-refractivity contribution < 1.29 is 19.4 Å². The number of rotatable bonds is 14. The molecule has 0 aliphatic rings. The molecule has 0 heterocycles. The van der Waals surface area contributed by atoms with Gasteiger partial charge in [-0.15, -0.1) is 0 Å². The van der Waals surface area contributed by atoms with Crippen LogP contribution in [0, 0.1) is 0 Å². The Kier molecular flexibility index (Phi) is 21.9. The molecule has 0 radical (unpaired) electrons. The monoisotopic (exact) mass is 472 g/mol. The zero-order valence-electron chi connectivity index (χ0n) is 22.9. The minimum Gasteiger partial charge on any atom is -0.481 e. The molecular formula is C30H48O4. The quantitative estimate of drug-likeness (QED) is 0.119. The predicted octanol–water partition coefficient (Wildman–Crippen LogP) is 8.68. The molecule has 192 valence electrons. The van der Waals surface area contributed by atoms with Crippen LogP contribution in [0.15, 0.2) is 70.4 Å². The first-order valence-electron chi connectivity index (χ1n) is 12.3. The van der Waals surface area contributed by atoms with Gasteiger partial charge in [0.05, 0.1) is 0 Å². The summed E-state index contributed by atoms with van der Waals surface area (Å²) < 4.78 is 5.53. The van der Waals surface area contributed by atoms with E-state index in [1.165, 1.54) is 22.3 Å². The van der Waals surface area contributed by atoms with Gasteiger partial charge in [-0.25, -0.2) is 4.79 Å². The van der Waals surface area contributed by atoms with Gasteiger partial charge in [0.2, 0.25) is 0 Å². The van der Waals surface area contributed by atoms with Crippen molar-refractivity contribution in [1.29, 1.82) is 0 Å². The molecule has 0 amide bonds. The largest absolute Gasteiger partial charge is 0.481 e. The highest BCUT2D eigenvalue weighted by Crippen LogP contribution is 2.13. The Morgan fingerprint density at radius 2 is 1.26 bits per heavy atom. The van der Waals surface area contributed by atoms with E-state index in [9.17, 15) is 4.79 Å². The summed E-state index contributed by atoms with van der Waals surface area (Å²) in [6, 6.07) is 0. The fourth-order valence-corrected chi connectivity index (χ4v) is 2.68. The normalized spacial score (nSPS) is 12.1. The van der Waals surface area contributed by atoms with Crippen molar-refractivity contribution in [1.82, 2.24) is 0 Å². The van der Waals surface area contributed by atoms with E-state index in [1.54, 1.807) is 0 Å². The maximum atomic E-state index is 12.6. The van der Waals surface area contributed by atoms with Crippen LogP contribution in [0.4, 0.5) is 0 Å². The van der Waals surface area contributed by atoms with Gasteiger partial charge in [0.25, 0.3) is 5.97 Å². The number of ether oxygens (including phenoxy) is 1. The summed E-state index contributed by atoms with van der Waals surface area (Å²) in [7, 11) is 0. The Labute approximate surface area is 208 Å². The van der Waals surface area contributed by atoms with Crippen molar-refractivity contribution in [2.75, 3.05) is 6.61 Å². The van der Waals surface area contributed by atoms with E-state index in [4.69, 9.17) is 14.6 Å². The summed E-state index contributed by atoms with van der Waals surface area (Å²) in [6.45, 7) is 16.3. The number of esters is 1. The molecule has 0 bridgehead atoms. The topological polar surface area (TPSA) is 63.6 Å². The van der Waals surface area contributed by atoms with Crippen LogP contribution in [0.2, 0.25) is 0 Å². The maximum Gasteiger partial charge on any atom is 0.334 e. The zero-order chi connectivity index (χ0) is 26.4. The lowest BCUT2D eigenvalue weighted by molar-refractivity contribution is -0.138. The Hall–Kier alpha value is -2.62. The van der Waals surface area contributed by atoms with Crippen LogP contribution in [0.25, 0.3) is 0 Å². The molecule has 0 fully saturated rings. The number of aliphatic carboxylic acids is 1. The van der Waals surface area contributed by atoms with Gasteiger partial charge >= 0.3 is 5.97 Å². The van der Waals surface area contributed by atoms with E-state index in [-0.39, 0.29) is 5.97 Å². The lowest BCUT2D eigenvalue weighted by Gasteiger charge is -2.07. The summed E-state index contributed by atoms with van der Waals surface area (Å²) >= 11 is 0. The predicted molar refractivity (Wildman–Crippen MR) is 146 cm³/mol. The number of allylic oxidation sites excluding steroid dienone is 10. The van der Waals surface area contributed by atoms with Crippen LogP contribution in [-0.2, 0) is 14.3 Å². The summed E-state index contributed by atoms with van der Waals surface area (Å²) in [5.41, 5.74) is 5.95. The van der Waals surface area contributed by atoms with Crippen molar-refractivity contribution in [3.05, 3.63) is 70.4 Å². The van der Waals surface area contributed by atoms with E-state index in [0.29, 0.717) is 18.6 Å². The third-order valence-electron chi connectivity index (χ3n) is 4.65. The molecule has 0 aromatic rings. The number of carbonyl (C=O) groups excluding carboxylic acids is 1. The van der Waals surface area contributed by atoms with Gasteiger partial charge in [-0.05, 0) is 86.1 Å². The second kappa shape index (κ2) is 22.2. The second-order valence-electron chi connectivity index (χ2n) is 8.97. The van der Waals surface area contributed by atoms with Crippen molar-refractivity contribution in [3.63, 3.8) is 0 Å². The molecule has 0 rings (SSSR count). The summed E-state index contributed by atoms with van der Waals surface area (Å²) in [5.74, 6) is -1.06. The van der Waals surface area contributed by atoms with Crippen molar-refractivity contribution >= 4 is 11.9 Å². The Balaban J connectivity index is 0. The summed E-state index contributed by atoms with van der Waals surface area (Å²) in [5, 5.41) is 7.42. The molecule has 0 aliphatic heterocycles. The molecule has 1 N–H and O–H groups in total. The van der Waals surface area contributed by atoms with Crippen molar-refractivity contribution in [3.8, 4) is 0 Å². The highest BCUT2D eigenvalue weighted by molar-refractivity contribution is 5.89. The lowest BCUT2D eigenvalue weighted by atomic mass is 10.1. The van der Waals surface area contributed by atoms with Gasteiger partial charge in [-0.2, -0.15) is 0 Å². The number of hydrogen-bond donors (Lipinski definition) is 1. The highest BCUT2D eigenvalue weighted by Gasteiger charge is 2.09. The van der Waals surface area contributed by atoms with Crippen LogP contribution in [0.5, 0.6) is 0 Å². The Bertz CT molecular complexity index is 762. The molecular weight excluding hydrogens is 424 g/mol. The Morgan fingerprint density at radius 3 is 1.74 bits per heavy atom. The summed E-state index contributed by atoms with van der Waals surface area (Å²) in [4.78, 5) is 21.6. The fraction of sp³-hybridized carbons (Fsp3) is 0.533. The average molecular weight is 473 g/mol. The van der Waals surface area contributed by atoms with Gasteiger partial charge < -0.3 is 9.84 Å². The number of carboxylic acid groups (broad SMARTS) is 1. The number of carbonyl (C=O) groups is 2. The molecule has 0 aromatic carbocycles. The fourth-order valence-electron chi connectivity index (χ4n) is 2.68. The van der Waals surface area contributed by atoms with Crippen LogP contribution in [-0.4, -0.2) is 23.7 Å². The van der Waals surface area contributed by atoms with E-state index in [0.717, 1.165) is 45.4 Å². The summed E-state index contributed by atoms with van der Waals surface area (Å²) in [6.07, 6.45) is 21.5. The molecule has 0 saturated heterocycles. The lowest BCUT2D eigenvalue weighted by Crippen LogP contribution is -2.08. The van der Waals surface area contributed by atoms with E-state index in [1.807, 2.05) is 18.2 Å². The highest BCUT2D eigenvalue weighted by atomic mass is 16.5. The van der Waals surface area contributed by atoms with Gasteiger partial charge in [-0.3, -0.25) is 4.79 Å². The first-order chi connectivity index (χ1) is 16.0. The molecule has 4 nitrogen and oxygen atoms in total. The molecule has 0 unspecified atom stereocenters. The molecule has 0 saturated carbocycles. The van der Waals surface area contributed by atoms with Gasteiger partial charge in [0, 0.05) is 12.5 Å². The van der Waals surface area contributed by atoms with Crippen LogP contribution < -0.4 is 0 Å². The van der Waals surface area contributed by atoms with Crippen molar-refractivity contribution in [2.45, 2.75) is 100 Å². The van der Waals surface area contributed by atoms with Crippen molar-refractivity contribution in [2.24, 2.45) is 0 Å². The molecule has 34 heavy (non-hydrogen) atoms. The average Bonchev–Trinajstić information content (AvgIpc) is 2.72.